The van der Waals surface area contributed by atoms with Crippen LogP contribution < -0.4 is 0 Å². The number of allylic oxidation sites excluding steroid dienone is 2. The van der Waals surface area contributed by atoms with Crippen LogP contribution in [0.25, 0.3) is 0 Å². The quantitative estimate of drug-likeness (QED) is 0.138. The van der Waals surface area contributed by atoms with Crippen LogP contribution >= 0.6 is 0 Å². The van der Waals surface area contributed by atoms with Gasteiger partial charge in [-0.05, 0) is 75.3 Å². The Bertz CT molecular complexity index is 808. The fraction of sp³-hybridized carbons (Fsp3) is 0.724. The molecule has 0 aliphatic rings. The topological polar surface area (TPSA) is 54.4 Å². The molecule has 1 aromatic carbocycles. The highest BCUT2D eigenvalue weighted by molar-refractivity contribution is 7.85. The molecule has 0 fully saturated rings. The van der Waals surface area contributed by atoms with Crippen LogP contribution in [0.15, 0.2) is 34.7 Å². The molecule has 0 aromatic heterocycles. The highest BCUT2D eigenvalue weighted by Crippen LogP contribution is 2.23. The summed E-state index contributed by atoms with van der Waals surface area (Å²) in [5, 5.41) is 0. The molecule has 0 radical (unpaired) electrons. The fourth-order valence-corrected chi connectivity index (χ4v) is 5.34. The van der Waals surface area contributed by atoms with Crippen LogP contribution in [0.2, 0.25) is 0 Å². The van der Waals surface area contributed by atoms with E-state index in [2.05, 4.69) is 40.7 Å². The zero-order chi connectivity index (χ0) is 24.9. The van der Waals surface area contributed by atoms with Gasteiger partial charge < -0.3 is 0 Å². The highest BCUT2D eigenvalue weighted by atomic mass is 32.2. The molecule has 1 aromatic rings. The second-order valence-corrected chi connectivity index (χ2v) is 12.3. The molecule has 0 amide bonds. The molecule has 1 N–H and O–H groups in total. The van der Waals surface area contributed by atoms with Gasteiger partial charge in [-0.25, -0.2) is 0 Å². The number of hydrogen-bond donors (Lipinski definition) is 1. The normalized spacial score (nSPS) is 14.6. The Morgan fingerprint density at radius 3 is 2.06 bits per heavy atom. The summed E-state index contributed by atoms with van der Waals surface area (Å²) in [7, 11) is -4.16. The van der Waals surface area contributed by atoms with Crippen molar-refractivity contribution in [3.8, 4) is 0 Å². The van der Waals surface area contributed by atoms with E-state index in [1.807, 2.05) is 13.0 Å². The maximum atomic E-state index is 11.6. The molecule has 2 atom stereocenters. The van der Waals surface area contributed by atoms with Crippen molar-refractivity contribution in [1.29, 1.82) is 0 Å². The first-order chi connectivity index (χ1) is 15.5. The van der Waals surface area contributed by atoms with Crippen molar-refractivity contribution in [2.45, 2.75) is 123 Å². The molecule has 4 heteroatoms. The van der Waals surface area contributed by atoms with E-state index in [9.17, 15) is 13.0 Å². The summed E-state index contributed by atoms with van der Waals surface area (Å²) in [5.41, 5.74) is 3.16. The van der Waals surface area contributed by atoms with Crippen molar-refractivity contribution in [1.82, 2.24) is 0 Å². The molecule has 0 saturated heterocycles. The summed E-state index contributed by atoms with van der Waals surface area (Å²) in [6.45, 7) is 13.6. The van der Waals surface area contributed by atoms with Crippen LogP contribution in [0.5, 0.6) is 0 Å². The predicted molar refractivity (Wildman–Crippen MR) is 142 cm³/mol. The first-order valence-electron chi connectivity index (χ1n) is 13.2. The molecular weight excluding hydrogens is 428 g/mol. The number of rotatable bonds is 17. The highest BCUT2D eigenvalue weighted by Gasteiger charge is 2.14. The number of hydrogen-bond acceptors (Lipinski definition) is 2. The van der Waals surface area contributed by atoms with Crippen LogP contribution in [0.4, 0.5) is 0 Å². The van der Waals surface area contributed by atoms with E-state index < -0.39 is 10.1 Å². The number of benzene rings is 1. The first kappa shape index (κ1) is 29.9. The number of aryl methyl sites for hydroxylation is 2. The van der Waals surface area contributed by atoms with E-state index >= 15 is 0 Å². The standard InChI is InChI=1S/C29H50O3S/c1-23(2)12-9-14-25(4)16-11-18-26(5)17-10-15-24(3)13-7-8-19-28-22-27(6)20-21-29(28)33(30,31)32/h13,20-23,25-26H,7-12,14-19H2,1-6H3,(H,30,31,32)/b24-13+. The van der Waals surface area contributed by atoms with Crippen molar-refractivity contribution < 1.29 is 13.0 Å². The molecule has 0 saturated carbocycles. The third-order valence-corrected chi connectivity index (χ3v) is 7.73. The van der Waals surface area contributed by atoms with Gasteiger partial charge in [-0.3, -0.25) is 4.55 Å². The second-order valence-electron chi connectivity index (χ2n) is 10.9. The van der Waals surface area contributed by atoms with Gasteiger partial charge in [-0.15, -0.1) is 0 Å². The van der Waals surface area contributed by atoms with Gasteiger partial charge in [0.25, 0.3) is 10.1 Å². The maximum Gasteiger partial charge on any atom is 0.294 e. The summed E-state index contributed by atoms with van der Waals surface area (Å²) in [4.78, 5) is 0.0488. The Kier molecular flexibility index (Phi) is 14.2. The summed E-state index contributed by atoms with van der Waals surface area (Å²) < 4.78 is 32.6. The van der Waals surface area contributed by atoms with Gasteiger partial charge in [0, 0.05) is 0 Å². The van der Waals surface area contributed by atoms with E-state index in [1.165, 1.54) is 63.0 Å². The van der Waals surface area contributed by atoms with Gasteiger partial charge >= 0.3 is 0 Å². The van der Waals surface area contributed by atoms with Crippen molar-refractivity contribution in [3.05, 3.63) is 41.0 Å². The molecule has 0 aliphatic heterocycles. The molecule has 0 spiro atoms. The predicted octanol–water partition coefficient (Wildman–Crippen LogP) is 8.95. The molecule has 2 unspecified atom stereocenters. The minimum atomic E-state index is -4.16. The SMILES string of the molecule is C/C(=C\CCCc1cc(C)ccc1S(=O)(=O)O)CCCC(C)CCCC(C)CCCC(C)C. The zero-order valence-electron chi connectivity index (χ0n) is 22.2. The van der Waals surface area contributed by atoms with E-state index in [4.69, 9.17) is 0 Å². The second kappa shape index (κ2) is 15.7. The zero-order valence-corrected chi connectivity index (χ0v) is 23.0. The monoisotopic (exact) mass is 478 g/mol. The Labute approximate surface area is 205 Å². The fourth-order valence-electron chi connectivity index (χ4n) is 4.61. The molecule has 0 heterocycles. The molecule has 190 valence electrons. The van der Waals surface area contributed by atoms with Crippen molar-refractivity contribution in [3.63, 3.8) is 0 Å². The van der Waals surface area contributed by atoms with Gasteiger partial charge in [0.1, 0.15) is 0 Å². The van der Waals surface area contributed by atoms with Gasteiger partial charge in [-0.1, -0.05) is 102 Å². The first-order valence-corrected chi connectivity index (χ1v) is 14.7. The summed E-state index contributed by atoms with van der Waals surface area (Å²) in [5.74, 6) is 2.51. The molecule has 0 aliphatic carbocycles. The van der Waals surface area contributed by atoms with Crippen LogP contribution in [-0.4, -0.2) is 13.0 Å². The molecule has 33 heavy (non-hydrogen) atoms. The number of unbranched alkanes of at least 4 members (excludes halogenated alkanes) is 1. The van der Waals surface area contributed by atoms with Gasteiger partial charge in [-0.2, -0.15) is 8.42 Å². The summed E-state index contributed by atoms with van der Waals surface area (Å²) in [6, 6.07) is 5.11. The van der Waals surface area contributed by atoms with Crippen molar-refractivity contribution in [2.24, 2.45) is 17.8 Å². The Balaban J connectivity index is 2.23. The van der Waals surface area contributed by atoms with Crippen LogP contribution in [0.1, 0.15) is 116 Å². The lowest BCUT2D eigenvalue weighted by Gasteiger charge is -2.15. The molecule has 1 rings (SSSR count). The Morgan fingerprint density at radius 1 is 0.909 bits per heavy atom. The van der Waals surface area contributed by atoms with E-state index in [-0.39, 0.29) is 4.90 Å². The van der Waals surface area contributed by atoms with Gasteiger partial charge in [0.15, 0.2) is 0 Å². The molecule has 0 bridgehead atoms. The average Bonchev–Trinajstić information content (AvgIpc) is 2.70. The van der Waals surface area contributed by atoms with Crippen molar-refractivity contribution in [2.75, 3.05) is 0 Å². The lowest BCUT2D eigenvalue weighted by Crippen LogP contribution is -2.03. The largest absolute Gasteiger partial charge is 0.294 e. The molecular formula is C29H50O3S. The van der Waals surface area contributed by atoms with E-state index in [0.717, 1.165) is 42.6 Å². The Morgan fingerprint density at radius 2 is 1.48 bits per heavy atom. The Hall–Kier alpha value is -1.13. The lowest BCUT2D eigenvalue weighted by atomic mass is 9.91. The van der Waals surface area contributed by atoms with Crippen molar-refractivity contribution >= 4 is 10.1 Å². The molecule has 3 nitrogen and oxygen atoms in total. The van der Waals surface area contributed by atoms with Gasteiger partial charge in [0.05, 0.1) is 4.90 Å². The van der Waals surface area contributed by atoms with Crippen LogP contribution in [-0.2, 0) is 16.5 Å². The summed E-state index contributed by atoms with van der Waals surface area (Å²) in [6.07, 6.45) is 16.7. The minimum Gasteiger partial charge on any atom is -0.282 e. The smallest absolute Gasteiger partial charge is 0.282 e. The summed E-state index contributed by atoms with van der Waals surface area (Å²) >= 11 is 0. The van der Waals surface area contributed by atoms with Gasteiger partial charge in [0.2, 0.25) is 0 Å². The maximum absolute atomic E-state index is 11.6. The van der Waals surface area contributed by atoms with Crippen LogP contribution in [0.3, 0.4) is 0 Å². The third kappa shape index (κ3) is 14.0. The average molecular weight is 479 g/mol. The van der Waals surface area contributed by atoms with Crippen LogP contribution in [0, 0.1) is 24.7 Å². The van der Waals surface area contributed by atoms with E-state index in [0.29, 0.717) is 12.0 Å². The minimum absolute atomic E-state index is 0.0488. The lowest BCUT2D eigenvalue weighted by molar-refractivity contribution is 0.389. The van der Waals surface area contributed by atoms with E-state index in [1.54, 1.807) is 6.07 Å². The third-order valence-electron chi connectivity index (χ3n) is 6.78.